The van der Waals surface area contributed by atoms with Crippen LogP contribution in [0.4, 0.5) is 10.2 Å². The van der Waals surface area contributed by atoms with E-state index in [1.807, 2.05) is 0 Å². The fourth-order valence-corrected chi connectivity index (χ4v) is 7.59. The topological polar surface area (TPSA) is 271 Å². The summed E-state index contributed by atoms with van der Waals surface area (Å²) in [5.41, 5.74) is 4.54. The number of nitrogen functional groups attached to an aromatic ring is 1. The Labute approximate surface area is 260 Å². The fraction of sp³-hybridized carbons (Fsp3) is 0.500. The quantitative estimate of drug-likeness (QED) is 0.0946. The molecule has 0 saturated carbocycles. The average molecular weight is 706 g/mol. The number of hydrogen-bond donors (Lipinski definition) is 6. The molecule has 2 bridgehead atoms. The lowest BCUT2D eigenvalue weighted by molar-refractivity contribution is -0.180. The van der Waals surface area contributed by atoms with Gasteiger partial charge in [-0.1, -0.05) is 12.2 Å². The Morgan fingerprint density at radius 2 is 1.98 bits per heavy atom. The lowest BCUT2D eigenvalue weighted by Crippen LogP contribution is -2.39. The zero-order valence-corrected chi connectivity index (χ0v) is 25.8. The largest absolute Gasteiger partial charge is 0.469 e. The Kier molecular flexibility index (Phi) is 7.86. The summed E-state index contributed by atoms with van der Waals surface area (Å²) < 4.78 is 75.9. The normalized spacial score (nSPS) is 30.9. The minimum atomic E-state index is -5.00. The Bertz CT molecular complexity index is 1970. The van der Waals surface area contributed by atoms with Crippen LogP contribution in [-0.2, 0) is 36.9 Å². The molecule has 20 nitrogen and oxygen atoms in total. The van der Waals surface area contributed by atoms with Crippen molar-refractivity contribution >= 4 is 54.9 Å². The number of H-pyrrole nitrogens is 1. The van der Waals surface area contributed by atoms with E-state index in [2.05, 4.69) is 41.7 Å². The molecule has 4 aromatic rings. The molecule has 6 N–H and O–H groups in total. The number of imidazole rings is 1. The predicted molar refractivity (Wildman–Crippen MR) is 153 cm³/mol. The molecular weight excluding hydrogens is 681 g/mol. The van der Waals surface area contributed by atoms with E-state index in [0.717, 1.165) is 17.1 Å². The highest BCUT2D eigenvalue weighted by Crippen LogP contribution is 2.58. The van der Waals surface area contributed by atoms with Gasteiger partial charge in [-0.3, -0.25) is 22.9 Å². The van der Waals surface area contributed by atoms with Gasteiger partial charge in [0, 0.05) is 12.6 Å². The lowest BCUT2D eigenvalue weighted by atomic mass is 10.0. The molecular formula is C22H25FN8O12P2S. The number of nitrogens with two attached hydrogens (primary N) is 1. The second-order valence-corrected chi connectivity index (χ2v) is 14.9. The first kappa shape index (κ1) is 31.7. The van der Waals surface area contributed by atoms with E-state index in [4.69, 9.17) is 38.8 Å². The lowest BCUT2D eigenvalue weighted by Gasteiger charge is -2.32. The number of anilines is 1. The van der Waals surface area contributed by atoms with Crippen LogP contribution in [0.2, 0.25) is 0 Å². The van der Waals surface area contributed by atoms with E-state index in [1.165, 1.54) is 12.7 Å². The number of phosphoric ester groups is 1. The van der Waals surface area contributed by atoms with E-state index in [9.17, 15) is 23.4 Å². The average Bonchev–Trinajstić information content (AvgIpc) is 3.80. The maximum atomic E-state index is 14.8. The minimum absolute atomic E-state index is 0.0696. The van der Waals surface area contributed by atoms with Gasteiger partial charge in [0.05, 0.1) is 32.5 Å². The van der Waals surface area contributed by atoms with Gasteiger partial charge in [-0.25, -0.2) is 33.5 Å². The van der Waals surface area contributed by atoms with Gasteiger partial charge in [-0.2, -0.15) is 0 Å². The summed E-state index contributed by atoms with van der Waals surface area (Å²) in [6.07, 6.45) is -2.65. The number of hydrogen-bond acceptors (Lipinski definition) is 15. The van der Waals surface area contributed by atoms with Gasteiger partial charge in [0.25, 0.3) is 5.56 Å². The molecule has 4 aromatic heterocycles. The standard InChI is InChI=1S/C22H25FN8O12P2S/c23-9-2-30(17-12(9)19(33)28-7-26-17)21-15(14(32)11(41-21)3-39-44(34,35)36)43-45(37,46)40-5-22-1-10(38-4-22)20(42-22)31-8-29-13-16(24)25-6-27-18(13)31/h2,6-8,10-11,14-15,20-21,32H,1,3-5H2,(H,37,46)(H2,24,25,27)(H,26,28,33)(H2,34,35,36)/t10-,11-,14-,15-,20-,21-,22-,45?/m1/s1. The van der Waals surface area contributed by atoms with Crippen molar-refractivity contribution in [2.24, 2.45) is 0 Å². The number of aromatic nitrogens is 7. The number of thiol groups is 1. The molecule has 0 aromatic carbocycles. The molecule has 8 atom stereocenters. The van der Waals surface area contributed by atoms with E-state index in [1.54, 1.807) is 4.57 Å². The van der Waals surface area contributed by atoms with Crippen LogP contribution in [0.15, 0.2) is 30.0 Å². The first-order chi connectivity index (χ1) is 21.7. The van der Waals surface area contributed by atoms with Crippen molar-refractivity contribution in [3.63, 3.8) is 0 Å². The predicted octanol–water partition coefficient (Wildman–Crippen LogP) is 0.150. The van der Waals surface area contributed by atoms with Gasteiger partial charge in [0.15, 0.2) is 35.4 Å². The third-order valence-electron chi connectivity index (χ3n) is 7.79. The van der Waals surface area contributed by atoms with Crippen LogP contribution in [0.25, 0.3) is 22.2 Å². The number of ether oxygens (including phenoxy) is 3. The molecule has 1 unspecified atom stereocenters. The van der Waals surface area contributed by atoms with Gasteiger partial charge < -0.3 is 44.4 Å². The molecule has 0 aliphatic carbocycles. The van der Waals surface area contributed by atoms with Crippen LogP contribution < -0.4 is 11.3 Å². The Morgan fingerprint density at radius 3 is 2.76 bits per heavy atom. The van der Waals surface area contributed by atoms with E-state index in [-0.39, 0.29) is 24.7 Å². The molecule has 3 aliphatic rings. The summed E-state index contributed by atoms with van der Waals surface area (Å²) in [5, 5.41) is 10.6. The summed E-state index contributed by atoms with van der Waals surface area (Å²) in [6, 6.07) is 0. The number of rotatable bonds is 10. The van der Waals surface area contributed by atoms with Crippen molar-refractivity contribution < 1.29 is 56.2 Å². The maximum absolute atomic E-state index is 14.8. The second-order valence-electron chi connectivity index (χ2n) is 10.8. The summed E-state index contributed by atoms with van der Waals surface area (Å²) >= 11 is 4.07. The molecule has 7 heterocycles. The molecule has 46 heavy (non-hydrogen) atoms. The maximum Gasteiger partial charge on any atom is 0.469 e. The minimum Gasteiger partial charge on any atom is -0.387 e. The highest BCUT2D eigenvalue weighted by Gasteiger charge is 2.56. The van der Waals surface area contributed by atoms with Crippen molar-refractivity contribution in [1.82, 2.24) is 34.1 Å². The number of phosphoric acid groups is 1. The van der Waals surface area contributed by atoms with Crippen LogP contribution in [0.5, 0.6) is 0 Å². The monoisotopic (exact) mass is 706 g/mol. The van der Waals surface area contributed by atoms with Gasteiger partial charge in [-0.05, 0) is 0 Å². The summed E-state index contributed by atoms with van der Waals surface area (Å²) in [5.74, 6) is -0.812. The molecule has 0 spiro atoms. The van der Waals surface area contributed by atoms with Crippen LogP contribution in [0.1, 0.15) is 18.9 Å². The first-order valence-corrected chi connectivity index (χ1v) is 17.6. The van der Waals surface area contributed by atoms with Crippen molar-refractivity contribution in [3.05, 3.63) is 41.3 Å². The third-order valence-corrected chi connectivity index (χ3v) is 9.87. The fourth-order valence-electron chi connectivity index (χ4n) is 5.76. The smallest absolute Gasteiger partial charge is 0.387 e. The van der Waals surface area contributed by atoms with Crippen molar-refractivity contribution in [1.29, 1.82) is 0 Å². The summed E-state index contributed by atoms with van der Waals surface area (Å²) in [4.78, 5) is 49.1. The van der Waals surface area contributed by atoms with Gasteiger partial charge >= 0.3 is 14.6 Å². The molecule has 3 aliphatic heterocycles. The summed E-state index contributed by atoms with van der Waals surface area (Å²) in [6.45, 7) is -5.54. The number of aliphatic hydroxyl groups excluding tert-OH is 1. The first-order valence-electron chi connectivity index (χ1n) is 13.4. The van der Waals surface area contributed by atoms with E-state index >= 15 is 0 Å². The zero-order chi connectivity index (χ0) is 32.6. The molecule has 0 radical (unpaired) electrons. The second kappa shape index (κ2) is 11.4. The third kappa shape index (κ3) is 5.67. The molecule has 7 rings (SSSR count). The number of nitrogens with zero attached hydrogens (tertiary/aromatic N) is 6. The molecule has 248 valence electrons. The van der Waals surface area contributed by atoms with Crippen molar-refractivity contribution in [2.45, 2.75) is 48.9 Å². The SMILES string of the molecule is Nc1ncnc2c1ncn2[C@@H]1O[C@@]2(COP(=O)(S)O[C@@H]3[C@H](O)[C@@H](COP(=O)(O)O)O[C@H]3n3cc(F)c4c(=O)[nH]cnc43)CO[C@@H]1C2. The Hall–Kier alpha value is -2.85. The van der Waals surface area contributed by atoms with Crippen molar-refractivity contribution in [3.8, 4) is 0 Å². The van der Waals surface area contributed by atoms with Crippen LogP contribution >= 0.6 is 26.9 Å². The van der Waals surface area contributed by atoms with Crippen molar-refractivity contribution in [2.75, 3.05) is 25.6 Å². The molecule has 3 fully saturated rings. The number of aliphatic hydroxyl groups is 1. The number of fused-ring (bicyclic) bond motifs is 4. The van der Waals surface area contributed by atoms with Crippen LogP contribution in [0.3, 0.4) is 0 Å². The van der Waals surface area contributed by atoms with Gasteiger partial charge in [0.2, 0.25) is 0 Å². The number of halogens is 1. The summed E-state index contributed by atoms with van der Waals surface area (Å²) in [7, 11) is -5.00. The molecule has 0 amide bonds. The van der Waals surface area contributed by atoms with E-state index in [0.29, 0.717) is 17.6 Å². The Balaban J connectivity index is 1.11. The molecule has 24 heteroatoms. The van der Waals surface area contributed by atoms with Crippen LogP contribution in [-0.4, -0.2) is 98.8 Å². The number of aromatic amines is 1. The molecule has 3 saturated heterocycles. The van der Waals surface area contributed by atoms with Gasteiger partial charge in [-0.15, -0.1) is 0 Å². The highest BCUT2D eigenvalue weighted by atomic mass is 32.7. The number of nitrogens with one attached hydrogen (secondary N) is 1. The van der Waals surface area contributed by atoms with Gasteiger partial charge in [0.1, 0.15) is 47.2 Å². The van der Waals surface area contributed by atoms with Crippen LogP contribution in [0, 0.1) is 5.82 Å². The highest BCUT2D eigenvalue weighted by molar-refractivity contribution is 8.44. The van der Waals surface area contributed by atoms with E-state index < -0.39 is 80.5 Å². The zero-order valence-electron chi connectivity index (χ0n) is 23.1. The Morgan fingerprint density at radius 1 is 1.17 bits per heavy atom.